The van der Waals surface area contributed by atoms with E-state index in [0.29, 0.717) is 0 Å². The van der Waals surface area contributed by atoms with Gasteiger partial charge in [-0.3, -0.25) is 0 Å². The number of nitrogens with zero attached hydrogens (tertiary/aromatic N) is 2. The summed E-state index contributed by atoms with van der Waals surface area (Å²) in [7, 11) is 0. The molecule has 98 valence electrons. The van der Waals surface area contributed by atoms with Crippen molar-refractivity contribution >= 4 is 11.0 Å². The maximum atomic E-state index is 8.76. The molecule has 1 aromatic heterocycles. The Kier molecular flexibility index (Phi) is 4.73. The summed E-state index contributed by atoms with van der Waals surface area (Å²) < 4.78 is 2.28. The van der Waals surface area contributed by atoms with Gasteiger partial charge < -0.3 is 15.0 Å². The predicted molar refractivity (Wildman–Crippen MR) is 73.4 cm³/mol. The van der Waals surface area contributed by atoms with Gasteiger partial charge in [-0.25, -0.2) is 4.98 Å². The monoisotopic (exact) mass is 247 g/mol. The van der Waals surface area contributed by atoms with Crippen LogP contribution in [0.3, 0.4) is 0 Å². The molecule has 0 saturated carbocycles. The van der Waals surface area contributed by atoms with Gasteiger partial charge in [0.25, 0.3) is 0 Å². The molecule has 1 heterocycles. The summed E-state index contributed by atoms with van der Waals surface area (Å²) in [4.78, 5) is 4.67. The van der Waals surface area contributed by atoms with Gasteiger partial charge in [0.1, 0.15) is 5.82 Å². The minimum absolute atomic E-state index is 0.235. The van der Waals surface area contributed by atoms with Crippen molar-refractivity contribution in [2.75, 3.05) is 13.2 Å². The van der Waals surface area contributed by atoms with Crippen LogP contribution in [0, 0.1) is 0 Å². The highest BCUT2D eigenvalue weighted by atomic mass is 16.3. The van der Waals surface area contributed by atoms with E-state index in [1.807, 2.05) is 6.07 Å². The van der Waals surface area contributed by atoms with Gasteiger partial charge in [0.2, 0.25) is 0 Å². The molecule has 4 nitrogen and oxygen atoms in total. The second-order valence-corrected chi connectivity index (χ2v) is 4.42. The van der Waals surface area contributed by atoms with Gasteiger partial charge in [-0.15, -0.1) is 0 Å². The number of hydrogen-bond acceptors (Lipinski definition) is 3. The van der Waals surface area contributed by atoms with E-state index < -0.39 is 0 Å². The Morgan fingerprint density at radius 2 is 2.17 bits per heavy atom. The minimum Gasteiger partial charge on any atom is -0.396 e. The van der Waals surface area contributed by atoms with E-state index in [0.717, 1.165) is 43.8 Å². The second-order valence-electron chi connectivity index (χ2n) is 4.42. The average molecular weight is 247 g/mol. The molecule has 0 amide bonds. The molecule has 2 rings (SSSR count). The maximum Gasteiger partial charge on any atom is 0.123 e. The molecule has 0 bridgehead atoms. The highest BCUT2D eigenvalue weighted by molar-refractivity contribution is 5.75. The first-order valence-corrected chi connectivity index (χ1v) is 6.62. The summed E-state index contributed by atoms with van der Waals surface area (Å²) >= 11 is 0. The highest BCUT2D eigenvalue weighted by Gasteiger charge is 2.08. The molecule has 4 heteroatoms. The summed E-state index contributed by atoms with van der Waals surface area (Å²) in [6.07, 6.45) is 1.89. The van der Waals surface area contributed by atoms with Crippen LogP contribution in [0.25, 0.3) is 11.0 Å². The third kappa shape index (κ3) is 2.89. The van der Waals surface area contributed by atoms with E-state index in [-0.39, 0.29) is 6.61 Å². The lowest BCUT2D eigenvalue weighted by atomic mass is 10.3. The van der Waals surface area contributed by atoms with Gasteiger partial charge in [-0.1, -0.05) is 19.1 Å². The van der Waals surface area contributed by atoms with Crippen LogP contribution >= 0.6 is 0 Å². The molecule has 0 atom stereocenters. The van der Waals surface area contributed by atoms with Crippen LogP contribution in [0.5, 0.6) is 0 Å². The average Bonchev–Trinajstić information content (AvgIpc) is 2.74. The standard InChI is InChI=1S/C14H21N3O/c1-2-9-17-13-7-4-3-6-12(13)16-14(17)11-15-8-5-10-18/h3-4,6-7,15,18H,2,5,8-11H2,1H3. The smallest absolute Gasteiger partial charge is 0.123 e. The number of benzene rings is 1. The number of aliphatic hydroxyl groups is 1. The molecule has 0 radical (unpaired) electrons. The predicted octanol–water partition coefficient (Wildman–Crippen LogP) is 1.92. The first kappa shape index (κ1) is 13.1. The van der Waals surface area contributed by atoms with Crippen LogP contribution in [0.1, 0.15) is 25.6 Å². The number of para-hydroxylation sites is 2. The number of fused-ring (bicyclic) bond motifs is 1. The fraction of sp³-hybridized carbons (Fsp3) is 0.500. The highest BCUT2D eigenvalue weighted by Crippen LogP contribution is 2.16. The first-order chi connectivity index (χ1) is 8.86. The van der Waals surface area contributed by atoms with Gasteiger partial charge in [-0.2, -0.15) is 0 Å². The summed E-state index contributed by atoms with van der Waals surface area (Å²) in [5.41, 5.74) is 2.27. The van der Waals surface area contributed by atoms with Crippen molar-refractivity contribution in [3.05, 3.63) is 30.1 Å². The third-order valence-corrected chi connectivity index (χ3v) is 2.98. The van der Waals surface area contributed by atoms with E-state index in [9.17, 15) is 0 Å². The number of imidazole rings is 1. The molecule has 0 aliphatic heterocycles. The molecular weight excluding hydrogens is 226 g/mol. The fourth-order valence-electron chi connectivity index (χ4n) is 2.14. The van der Waals surface area contributed by atoms with E-state index in [4.69, 9.17) is 5.11 Å². The van der Waals surface area contributed by atoms with Crippen molar-refractivity contribution in [2.24, 2.45) is 0 Å². The van der Waals surface area contributed by atoms with Crippen LogP contribution in [-0.4, -0.2) is 27.8 Å². The van der Waals surface area contributed by atoms with Crippen LogP contribution in [-0.2, 0) is 13.1 Å². The SMILES string of the molecule is CCCn1c(CNCCCO)nc2ccccc21. The van der Waals surface area contributed by atoms with Crippen LogP contribution in [0.4, 0.5) is 0 Å². The quantitative estimate of drug-likeness (QED) is 0.735. The number of nitrogens with one attached hydrogen (secondary N) is 1. The second kappa shape index (κ2) is 6.52. The Hall–Kier alpha value is -1.39. The molecule has 0 fully saturated rings. The van der Waals surface area contributed by atoms with Crippen LogP contribution in [0.2, 0.25) is 0 Å². The van der Waals surface area contributed by atoms with Crippen molar-refractivity contribution < 1.29 is 5.11 Å². The topological polar surface area (TPSA) is 50.1 Å². The lowest BCUT2D eigenvalue weighted by Gasteiger charge is -2.08. The summed E-state index contributed by atoms with van der Waals surface area (Å²) in [5.74, 6) is 1.08. The van der Waals surface area contributed by atoms with Gasteiger partial charge >= 0.3 is 0 Å². The van der Waals surface area contributed by atoms with Gasteiger partial charge in [0, 0.05) is 13.2 Å². The number of rotatable bonds is 7. The number of aromatic nitrogens is 2. The van der Waals surface area contributed by atoms with E-state index >= 15 is 0 Å². The van der Waals surface area contributed by atoms with Gasteiger partial charge in [-0.05, 0) is 31.5 Å². The molecule has 0 saturated heterocycles. The maximum absolute atomic E-state index is 8.76. The molecule has 0 aliphatic carbocycles. The molecule has 0 aliphatic rings. The number of aryl methyl sites for hydroxylation is 1. The molecule has 1 aromatic carbocycles. The van der Waals surface area contributed by atoms with Crippen LogP contribution in [0.15, 0.2) is 24.3 Å². The minimum atomic E-state index is 0.235. The van der Waals surface area contributed by atoms with Crippen molar-refractivity contribution in [1.29, 1.82) is 0 Å². The number of aliphatic hydroxyl groups excluding tert-OH is 1. The first-order valence-electron chi connectivity index (χ1n) is 6.62. The zero-order chi connectivity index (χ0) is 12.8. The van der Waals surface area contributed by atoms with E-state index in [2.05, 4.69) is 40.0 Å². The number of hydrogen-bond donors (Lipinski definition) is 2. The van der Waals surface area contributed by atoms with Crippen molar-refractivity contribution in [3.8, 4) is 0 Å². The van der Waals surface area contributed by atoms with Crippen molar-refractivity contribution in [1.82, 2.24) is 14.9 Å². The molecular formula is C14H21N3O. The van der Waals surface area contributed by atoms with E-state index in [1.165, 1.54) is 5.52 Å². The molecule has 0 spiro atoms. The Morgan fingerprint density at radius 1 is 1.33 bits per heavy atom. The Labute approximate surface area is 108 Å². The molecule has 2 N–H and O–H groups in total. The third-order valence-electron chi connectivity index (χ3n) is 2.98. The normalized spacial score (nSPS) is 11.2. The molecule has 0 unspecified atom stereocenters. The Morgan fingerprint density at radius 3 is 2.94 bits per heavy atom. The summed E-state index contributed by atoms with van der Waals surface area (Å²) in [6.45, 7) is 4.99. The van der Waals surface area contributed by atoms with Crippen LogP contribution < -0.4 is 5.32 Å². The molecule has 18 heavy (non-hydrogen) atoms. The molecule has 2 aromatic rings. The zero-order valence-electron chi connectivity index (χ0n) is 10.9. The fourth-order valence-corrected chi connectivity index (χ4v) is 2.14. The summed E-state index contributed by atoms with van der Waals surface area (Å²) in [6, 6.07) is 8.25. The lowest BCUT2D eigenvalue weighted by molar-refractivity contribution is 0.285. The van der Waals surface area contributed by atoms with Gasteiger partial charge in [0.15, 0.2) is 0 Å². The Bertz CT molecular complexity index is 493. The Balaban J connectivity index is 2.17. The largest absolute Gasteiger partial charge is 0.396 e. The van der Waals surface area contributed by atoms with Crippen molar-refractivity contribution in [3.63, 3.8) is 0 Å². The van der Waals surface area contributed by atoms with Gasteiger partial charge in [0.05, 0.1) is 17.6 Å². The zero-order valence-corrected chi connectivity index (χ0v) is 10.9. The summed E-state index contributed by atoms with van der Waals surface area (Å²) in [5, 5.41) is 12.1. The van der Waals surface area contributed by atoms with Crippen molar-refractivity contribution in [2.45, 2.75) is 32.9 Å². The van der Waals surface area contributed by atoms with E-state index in [1.54, 1.807) is 0 Å². The lowest BCUT2D eigenvalue weighted by Crippen LogP contribution is -2.19.